The van der Waals surface area contributed by atoms with E-state index < -0.39 is 0 Å². The SMILES string of the molecule is CCn1cc(CNC(=O)[C@]23CCC[C@H]2NCC3)nn1. The van der Waals surface area contributed by atoms with Gasteiger partial charge in [-0.3, -0.25) is 9.48 Å². The zero-order valence-electron chi connectivity index (χ0n) is 11.4. The summed E-state index contributed by atoms with van der Waals surface area (Å²) in [7, 11) is 0. The molecule has 1 saturated heterocycles. The van der Waals surface area contributed by atoms with Crippen molar-refractivity contribution in [2.75, 3.05) is 6.54 Å². The molecule has 1 aliphatic heterocycles. The molecule has 0 unspecified atom stereocenters. The maximum Gasteiger partial charge on any atom is 0.228 e. The highest BCUT2D eigenvalue weighted by Gasteiger charge is 2.51. The Morgan fingerprint density at radius 1 is 1.63 bits per heavy atom. The molecule has 2 atom stereocenters. The van der Waals surface area contributed by atoms with Gasteiger partial charge in [-0.05, 0) is 32.7 Å². The fourth-order valence-electron chi connectivity index (χ4n) is 3.44. The first-order valence-electron chi connectivity index (χ1n) is 7.15. The van der Waals surface area contributed by atoms with Crippen molar-refractivity contribution in [3.63, 3.8) is 0 Å². The van der Waals surface area contributed by atoms with Gasteiger partial charge in [0, 0.05) is 12.6 Å². The third-order valence-electron chi connectivity index (χ3n) is 4.54. The van der Waals surface area contributed by atoms with Crippen LogP contribution in [0, 0.1) is 5.41 Å². The van der Waals surface area contributed by atoms with E-state index >= 15 is 0 Å². The molecule has 2 fully saturated rings. The normalized spacial score (nSPS) is 29.4. The van der Waals surface area contributed by atoms with Gasteiger partial charge in [0.2, 0.25) is 5.91 Å². The van der Waals surface area contributed by atoms with Crippen molar-refractivity contribution in [3.8, 4) is 0 Å². The molecular weight excluding hydrogens is 242 g/mol. The Balaban J connectivity index is 1.62. The molecule has 0 spiro atoms. The van der Waals surface area contributed by atoms with Gasteiger partial charge in [-0.1, -0.05) is 11.6 Å². The lowest BCUT2D eigenvalue weighted by Crippen LogP contribution is -2.45. The highest BCUT2D eigenvalue weighted by molar-refractivity contribution is 5.84. The number of hydrogen-bond acceptors (Lipinski definition) is 4. The Morgan fingerprint density at radius 2 is 2.53 bits per heavy atom. The molecule has 2 heterocycles. The van der Waals surface area contributed by atoms with Crippen molar-refractivity contribution in [2.24, 2.45) is 5.41 Å². The molecule has 6 heteroatoms. The van der Waals surface area contributed by atoms with Crippen LogP contribution in [0.2, 0.25) is 0 Å². The Bertz CT molecular complexity index is 459. The van der Waals surface area contributed by atoms with Crippen LogP contribution in [-0.4, -0.2) is 33.5 Å². The Kier molecular flexibility index (Phi) is 3.26. The van der Waals surface area contributed by atoms with Gasteiger partial charge >= 0.3 is 0 Å². The lowest BCUT2D eigenvalue weighted by atomic mass is 9.81. The summed E-state index contributed by atoms with van der Waals surface area (Å²) in [6.07, 6.45) is 6.14. The number of carbonyl (C=O) groups is 1. The van der Waals surface area contributed by atoms with Gasteiger partial charge in [-0.2, -0.15) is 0 Å². The highest BCUT2D eigenvalue weighted by atomic mass is 16.2. The van der Waals surface area contributed by atoms with Crippen LogP contribution in [0.1, 0.15) is 38.3 Å². The molecule has 0 bridgehead atoms. The number of fused-ring (bicyclic) bond motifs is 1. The van der Waals surface area contributed by atoms with Crippen LogP contribution in [0.5, 0.6) is 0 Å². The number of aryl methyl sites for hydroxylation is 1. The van der Waals surface area contributed by atoms with E-state index in [0.717, 1.165) is 44.5 Å². The molecule has 3 rings (SSSR count). The molecule has 6 nitrogen and oxygen atoms in total. The number of carbonyl (C=O) groups excluding carboxylic acids is 1. The van der Waals surface area contributed by atoms with Crippen molar-refractivity contribution < 1.29 is 4.79 Å². The molecule has 1 aliphatic carbocycles. The quantitative estimate of drug-likeness (QED) is 0.827. The van der Waals surface area contributed by atoms with E-state index in [1.54, 1.807) is 4.68 Å². The number of hydrogen-bond donors (Lipinski definition) is 2. The number of rotatable bonds is 4. The smallest absolute Gasteiger partial charge is 0.228 e. The van der Waals surface area contributed by atoms with Crippen LogP contribution in [0.3, 0.4) is 0 Å². The van der Waals surface area contributed by atoms with Gasteiger partial charge in [-0.25, -0.2) is 0 Å². The molecule has 19 heavy (non-hydrogen) atoms. The summed E-state index contributed by atoms with van der Waals surface area (Å²) in [6.45, 7) is 4.26. The predicted molar refractivity (Wildman–Crippen MR) is 70.2 cm³/mol. The lowest BCUT2D eigenvalue weighted by Gasteiger charge is -2.27. The minimum absolute atomic E-state index is 0.166. The number of nitrogens with zero attached hydrogens (tertiary/aromatic N) is 3. The van der Waals surface area contributed by atoms with E-state index in [-0.39, 0.29) is 11.3 Å². The summed E-state index contributed by atoms with van der Waals surface area (Å²) in [5.74, 6) is 0.186. The molecule has 0 radical (unpaired) electrons. The third kappa shape index (κ3) is 2.14. The highest BCUT2D eigenvalue weighted by Crippen LogP contribution is 2.44. The molecule has 1 aromatic heterocycles. The Morgan fingerprint density at radius 3 is 3.32 bits per heavy atom. The number of nitrogens with one attached hydrogen (secondary N) is 2. The van der Waals surface area contributed by atoms with Gasteiger partial charge in [0.15, 0.2) is 0 Å². The second-order valence-corrected chi connectivity index (χ2v) is 5.55. The second kappa shape index (κ2) is 4.92. The molecule has 104 valence electrons. The molecule has 1 saturated carbocycles. The summed E-state index contributed by atoms with van der Waals surface area (Å²) < 4.78 is 1.77. The van der Waals surface area contributed by atoms with E-state index in [4.69, 9.17) is 0 Å². The zero-order chi connectivity index (χ0) is 13.3. The van der Waals surface area contributed by atoms with Gasteiger partial charge in [0.05, 0.1) is 18.2 Å². The summed E-state index contributed by atoms with van der Waals surface area (Å²) >= 11 is 0. The summed E-state index contributed by atoms with van der Waals surface area (Å²) in [5.41, 5.74) is 0.660. The third-order valence-corrected chi connectivity index (χ3v) is 4.54. The van der Waals surface area contributed by atoms with E-state index in [1.807, 2.05) is 13.1 Å². The van der Waals surface area contributed by atoms with Crippen molar-refractivity contribution in [1.29, 1.82) is 0 Å². The Hall–Kier alpha value is -1.43. The fourth-order valence-corrected chi connectivity index (χ4v) is 3.44. The van der Waals surface area contributed by atoms with Gasteiger partial charge < -0.3 is 10.6 Å². The topological polar surface area (TPSA) is 71.8 Å². The van der Waals surface area contributed by atoms with Crippen LogP contribution in [0.25, 0.3) is 0 Å². The average Bonchev–Trinajstić information content (AvgIpc) is 3.10. The van der Waals surface area contributed by atoms with Gasteiger partial charge in [-0.15, -0.1) is 5.10 Å². The van der Waals surface area contributed by atoms with Crippen LogP contribution in [0.15, 0.2) is 6.20 Å². The number of aromatic nitrogens is 3. The lowest BCUT2D eigenvalue weighted by molar-refractivity contribution is -0.131. The molecule has 2 N–H and O–H groups in total. The first-order chi connectivity index (χ1) is 9.24. The fraction of sp³-hybridized carbons (Fsp3) is 0.769. The summed E-state index contributed by atoms with van der Waals surface area (Å²) in [6, 6.07) is 0.374. The zero-order valence-corrected chi connectivity index (χ0v) is 11.4. The number of amides is 1. The van der Waals surface area contributed by atoms with Crippen molar-refractivity contribution in [2.45, 2.75) is 51.7 Å². The molecular formula is C13H21N5O. The monoisotopic (exact) mass is 263 g/mol. The van der Waals surface area contributed by atoms with Crippen LogP contribution >= 0.6 is 0 Å². The summed E-state index contributed by atoms with van der Waals surface area (Å²) in [5, 5.41) is 14.5. The van der Waals surface area contributed by atoms with Crippen LogP contribution < -0.4 is 10.6 Å². The standard InChI is InChI=1S/C13H21N5O/c1-2-18-9-10(16-17-18)8-15-12(19)13-5-3-4-11(13)14-7-6-13/h9,11,14H,2-8H2,1H3,(H,15,19)/t11-,13+/m1/s1. The molecule has 2 aliphatic rings. The van der Waals surface area contributed by atoms with E-state index in [2.05, 4.69) is 20.9 Å². The predicted octanol–water partition coefficient (Wildman–Crippen LogP) is 0.446. The maximum absolute atomic E-state index is 12.5. The Labute approximate surface area is 112 Å². The summed E-state index contributed by atoms with van der Waals surface area (Å²) in [4.78, 5) is 12.5. The maximum atomic E-state index is 12.5. The minimum Gasteiger partial charge on any atom is -0.350 e. The van der Waals surface area contributed by atoms with Crippen molar-refractivity contribution >= 4 is 5.91 Å². The van der Waals surface area contributed by atoms with E-state index in [0.29, 0.717) is 12.6 Å². The van der Waals surface area contributed by atoms with E-state index in [1.165, 1.54) is 0 Å². The first-order valence-corrected chi connectivity index (χ1v) is 7.15. The van der Waals surface area contributed by atoms with Gasteiger partial charge in [0.1, 0.15) is 5.69 Å². The first kappa shape index (κ1) is 12.6. The van der Waals surface area contributed by atoms with Gasteiger partial charge in [0.25, 0.3) is 0 Å². The minimum atomic E-state index is -0.166. The van der Waals surface area contributed by atoms with Crippen LogP contribution in [-0.2, 0) is 17.9 Å². The second-order valence-electron chi connectivity index (χ2n) is 5.55. The molecule has 0 aromatic carbocycles. The van der Waals surface area contributed by atoms with Crippen molar-refractivity contribution in [3.05, 3.63) is 11.9 Å². The largest absolute Gasteiger partial charge is 0.350 e. The van der Waals surface area contributed by atoms with Crippen molar-refractivity contribution in [1.82, 2.24) is 25.6 Å². The average molecular weight is 263 g/mol. The van der Waals surface area contributed by atoms with Crippen LogP contribution in [0.4, 0.5) is 0 Å². The molecule has 1 aromatic rings. The molecule has 1 amide bonds. The van der Waals surface area contributed by atoms with E-state index in [9.17, 15) is 4.79 Å².